The molecule has 2 heterocycles. The van der Waals surface area contributed by atoms with Crippen molar-refractivity contribution in [1.29, 1.82) is 0 Å². The molecule has 2 rings (SSSR count). The molecular weight excluding hydrogens is 356 g/mol. The van der Waals surface area contributed by atoms with Crippen LogP contribution in [0.3, 0.4) is 0 Å². The van der Waals surface area contributed by atoms with Gasteiger partial charge >= 0.3 is 5.97 Å². The highest BCUT2D eigenvalue weighted by Crippen LogP contribution is 2.50. The monoisotopic (exact) mass is 390 g/mol. The number of hydrogen-bond acceptors (Lipinski definition) is 5. The van der Waals surface area contributed by atoms with Crippen LogP contribution in [0.5, 0.6) is 0 Å². The maximum absolute atomic E-state index is 11.7. The van der Waals surface area contributed by atoms with Crippen LogP contribution in [-0.2, 0) is 19.0 Å². The SMILES string of the molecule is CC[C@@H](/C=C/C=C(\C)C[C@@H](C)/C=C/C=C/[C@@H]1O[C@@H](C(=O)OC)[C@@H]2O[C@]12C)CO. The largest absolute Gasteiger partial charge is 0.467 e. The smallest absolute Gasteiger partial charge is 0.337 e. The van der Waals surface area contributed by atoms with E-state index in [-0.39, 0.29) is 30.7 Å². The van der Waals surface area contributed by atoms with E-state index in [1.807, 2.05) is 31.2 Å². The lowest BCUT2D eigenvalue weighted by Gasteiger charge is -2.15. The number of carbonyl (C=O) groups is 1. The average molecular weight is 391 g/mol. The zero-order valence-corrected chi connectivity index (χ0v) is 17.6. The first-order valence-electron chi connectivity index (χ1n) is 10.1. The molecule has 0 amide bonds. The summed E-state index contributed by atoms with van der Waals surface area (Å²) < 4.78 is 16.2. The van der Waals surface area contributed by atoms with Gasteiger partial charge in [-0.2, -0.15) is 0 Å². The van der Waals surface area contributed by atoms with Crippen LogP contribution >= 0.6 is 0 Å². The molecule has 0 bridgehead atoms. The molecule has 0 unspecified atom stereocenters. The molecule has 0 spiro atoms. The predicted molar refractivity (Wildman–Crippen MR) is 110 cm³/mol. The van der Waals surface area contributed by atoms with Crippen LogP contribution in [0.1, 0.15) is 40.5 Å². The Bertz CT molecular complexity index is 643. The van der Waals surface area contributed by atoms with Crippen molar-refractivity contribution in [1.82, 2.24) is 0 Å². The Morgan fingerprint density at radius 2 is 2.04 bits per heavy atom. The summed E-state index contributed by atoms with van der Waals surface area (Å²) in [6.07, 6.45) is 15.1. The van der Waals surface area contributed by atoms with Crippen LogP contribution in [0.15, 0.2) is 48.1 Å². The summed E-state index contributed by atoms with van der Waals surface area (Å²) in [5, 5.41) is 9.20. The molecule has 2 aliphatic rings. The fraction of sp³-hybridized carbons (Fsp3) is 0.609. The quantitative estimate of drug-likeness (QED) is 0.350. The van der Waals surface area contributed by atoms with Gasteiger partial charge in [0, 0.05) is 6.61 Å². The fourth-order valence-corrected chi connectivity index (χ4v) is 3.49. The second kappa shape index (κ2) is 10.2. The van der Waals surface area contributed by atoms with E-state index in [1.54, 1.807) is 0 Å². The lowest BCUT2D eigenvalue weighted by molar-refractivity contribution is -0.157. The van der Waals surface area contributed by atoms with Crippen LogP contribution < -0.4 is 0 Å². The molecule has 156 valence electrons. The molecule has 6 atom stereocenters. The van der Waals surface area contributed by atoms with Gasteiger partial charge in [0.05, 0.1) is 7.11 Å². The standard InChI is InChI=1S/C23H34O5/c1-6-18(15-24)12-9-11-17(3)14-16(2)10-7-8-13-19-23(4)21(28-23)20(27-19)22(25)26-5/h7-13,16,18-21,24H,6,14-15H2,1-5H3/b10-7+,12-9+,13-8+,17-11+/t16-,18-,19-,20+,21-,23+/m0/s1. The van der Waals surface area contributed by atoms with E-state index < -0.39 is 11.7 Å². The highest BCUT2D eigenvalue weighted by Gasteiger charge is 2.69. The number of fused-ring (bicyclic) bond motifs is 1. The van der Waals surface area contributed by atoms with E-state index in [0.717, 1.165) is 12.8 Å². The van der Waals surface area contributed by atoms with Crippen molar-refractivity contribution in [3.63, 3.8) is 0 Å². The Balaban J connectivity index is 1.80. The average Bonchev–Trinajstić information content (AvgIpc) is 3.28. The molecule has 2 fully saturated rings. The van der Waals surface area contributed by atoms with Gasteiger partial charge in [-0.05, 0) is 38.5 Å². The number of hydrogen-bond donors (Lipinski definition) is 1. The van der Waals surface area contributed by atoms with Crippen LogP contribution in [-0.4, -0.2) is 48.7 Å². The number of ether oxygens (including phenoxy) is 3. The second-order valence-corrected chi connectivity index (χ2v) is 7.92. The number of carbonyl (C=O) groups excluding carboxylic acids is 1. The van der Waals surface area contributed by atoms with Crippen molar-refractivity contribution in [2.45, 2.75) is 64.4 Å². The van der Waals surface area contributed by atoms with Crippen molar-refractivity contribution in [3.05, 3.63) is 48.1 Å². The summed E-state index contributed by atoms with van der Waals surface area (Å²) in [5.41, 5.74) is 0.873. The minimum absolute atomic E-state index is 0.196. The highest BCUT2D eigenvalue weighted by atomic mass is 16.7. The third-order valence-electron chi connectivity index (χ3n) is 5.46. The van der Waals surface area contributed by atoms with Gasteiger partial charge in [-0.25, -0.2) is 4.79 Å². The van der Waals surface area contributed by atoms with Gasteiger partial charge in [-0.1, -0.05) is 62.0 Å². The number of aliphatic hydroxyl groups is 1. The molecule has 0 radical (unpaired) electrons. The zero-order valence-electron chi connectivity index (χ0n) is 17.6. The van der Waals surface area contributed by atoms with Crippen molar-refractivity contribution < 1.29 is 24.1 Å². The Kier molecular flexibility index (Phi) is 8.23. The number of methoxy groups -OCH3 is 1. The van der Waals surface area contributed by atoms with Crippen LogP contribution in [0.2, 0.25) is 0 Å². The van der Waals surface area contributed by atoms with E-state index in [9.17, 15) is 9.90 Å². The van der Waals surface area contributed by atoms with Crippen molar-refractivity contribution in [3.8, 4) is 0 Å². The summed E-state index contributed by atoms with van der Waals surface area (Å²) in [4.78, 5) is 11.7. The molecule has 0 aliphatic carbocycles. The molecule has 5 nitrogen and oxygen atoms in total. The van der Waals surface area contributed by atoms with Crippen molar-refractivity contribution >= 4 is 5.97 Å². The van der Waals surface area contributed by atoms with E-state index in [2.05, 4.69) is 39.0 Å². The predicted octanol–water partition coefficient (Wildman–Crippen LogP) is 3.74. The van der Waals surface area contributed by atoms with E-state index in [4.69, 9.17) is 14.2 Å². The zero-order chi connectivity index (χ0) is 20.7. The van der Waals surface area contributed by atoms with Gasteiger partial charge in [0.1, 0.15) is 17.8 Å². The minimum Gasteiger partial charge on any atom is -0.467 e. The molecule has 2 aliphatic heterocycles. The Morgan fingerprint density at radius 1 is 1.29 bits per heavy atom. The lowest BCUT2D eigenvalue weighted by atomic mass is 9.99. The van der Waals surface area contributed by atoms with Gasteiger partial charge < -0.3 is 19.3 Å². The van der Waals surface area contributed by atoms with Gasteiger partial charge in [0.2, 0.25) is 0 Å². The molecule has 0 saturated carbocycles. The van der Waals surface area contributed by atoms with Gasteiger partial charge in [0.15, 0.2) is 6.10 Å². The Labute approximate surface area is 168 Å². The number of esters is 1. The maximum atomic E-state index is 11.7. The minimum atomic E-state index is -0.633. The number of rotatable bonds is 10. The molecule has 0 aromatic carbocycles. The molecule has 0 aromatic rings. The van der Waals surface area contributed by atoms with E-state index in [1.165, 1.54) is 12.7 Å². The number of aliphatic hydroxyl groups excluding tert-OH is 1. The Morgan fingerprint density at radius 3 is 2.68 bits per heavy atom. The molecule has 2 saturated heterocycles. The van der Waals surface area contributed by atoms with Crippen molar-refractivity contribution in [2.75, 3.05) is 13.7 Å². The highest BCUT2D eigenvalue weighted by molar-refractivity contribution is 5.77. The van der Waals surface area contributed by atoms with Crippen LogP contribution in [0.25, 0.3) is 0 Å². The third kappa shape index (κ3) is 5.66. The Hall–Kier alpha value is -1.69. The first kappa shape index (κ1) is 22.6. The molecule has 5 heteroatoms. The van der Waals surface area contributed by atoms with Gasteiger partial charge in [-0.3, -0.25) is 0 Å². The van der Waals surface area contributed by atoms with Crippen LogP contribution in [0, 0.1) is 11.8 Å². The second-order valence-electron chi connectivity index (χ2n) is 7.92. The number of allylic oxidation sites excluding steroid dienone is 6. The molecule has 28 heavy (non-hydrogen) atoms. The van der Waals surface area contributed by atoms with Crippen molar-refractivity contribution in [2.24, 2.45) is 11.8 Å². The van der Waals surface area contributed by atoms with E-state index in [0.29, 0.717) is 5.92 Å². The topological polar surface area (TPSA) is 68.3 Å². The van der Waals surface area contributed by atoms with Gasteiger partial charge in [-0.15, -0.1) is 0 Å². The summed E-state index contributed by atoms with van der Waals surface area (Å²) in [5.74, 6) is 0.260. The lowest BCUT2D eigenvalue weighted by Crippen LogP contribution is -2.29. The molecule has 0 aromatic heterocycles. The molecular formula is C23H34O5. The summed E-state index contributed by atoms with van der Waals surface area (Å²) in [7, 11) is 1.36. The van der Waals surface area contributed by atoms with Gasteiger partial charge in [0.25, 0.3) is 0 Å². The maximum Gasteiger partial charge on any atom is 0.337 e. The number of epoxide rings is 1. The molecule has 1 N–H and O–H groups in total. The van der Waals surface area contributed by atoms with Crippen LogP contribution in [0.4, 0.5) is 0 Å². The first-order valence-corrected chi connectivity index (χ1v) is 10.1. The third-order valence-corrected chi connectivity index (χ3v) is 5.46. The van der Waals surface area contributed by atoms with E-state index >= 15 is 0 Å². The summed E-state index contributed by atoms with van der Waals surface area (Å²) >= 11 is 0. The normalized spacial score (nSPS) is 32.2. The first-order chi connectivity index (χ1) is 13.3. The fourth-order valence-electron chi connectivity index (χ4n) is 3.49. The summed E-state index contributed by atoms with van der Waals surface area (Å²) in [6, 6.07) is 0. The summed E-state index contributed by atoms with van der Waals surface area (Å²) in [6.45, 7) is 8.53.